The van der Waals surface area contributed by atoms with Crippen molar-refractivity contribution in [2.45, 2.75) is 64.5 Å². The summed E-state index contributed by atoms with van der Waals surface area (Å²) in [5, 5.41) is 2.85. The summed E-state index contributed by atoms with van der Waals surface area (Å²) >= 11 is 0. The largest absolute Gasteiger partial charge is 0.433 e. The number of anilines is 1. The zero-order chi connectivity index (χ0) is 15.6. The molecule has 1 heterocycles. The van der Waals surface area contributed by atoms with Crippen LogP contribution < -0.4 is 5.32 Å². The summed E-state index contributed by atoms with van der Waals surface area (Å²) in [6.07, 6.45) is 6.25. The average Bonchev–Trinajstić information content (AvgIpc) is 2.45. The fraction of sp³-hybridized carbons (Fsp3) is 0.733. The number of aromatic nitrogens is 2. The second kappa shape index (κ2) is 9.58. The molecule has 0 unspecified atom stereocenters. The van der Waals surface area contributed by atoms with Crippen LogP contribution in [0, 0.1) is 0 Å². The van der Waals surface area contributed by atoms with Crippen LogP contribution in [0.25, 0.3) is 0 Å². The molecule has 0 aromatic carbocycles. The lowest BCUT2D eigenvalue weighted by molar-refractivity contribution is -0.141. The molecular formula is C15H24F3N3. The van der Waals surface area contributed by atoms with E-state index >= 15 is 0 Å². The molecular weight excluding hydrogens is 279 g/mol. The minimum Gasteiger partial charge on any atom is -0.354 e. The fourth-order valence-corrected chi connectivity index (χ4v) is 2.06. The Morgan fingerprint density at radius 2 is 1.62 bits per heavy atom. The SMILES string of the molecule is CCCCCCCCCCNc1nccc(C(F)(F)F)n1. The van der Waals surface area contributed by atoms with Crippen molar-refractivity contribution in [2.75, 3.05) is 11.9 Å². The molecule has 0 bridgehead atoms. The van der Waals surface area contributed by atoms with Crippen molar-refractivity contribution in [3.8, 4) is 0 Å². The van der Waals surface area contributed by atoms with Gasteiger partial charge >= 0.3 is 6.18 Å². The molecule has 1 aromatic heterocycles. The number of halogens is 3. The molecule has 6 heteroatoms. The second-order valence-corrected chi connectivity index (χ2v) is 5.16. The lowest BCUT2D eigenvalue weighted by atomic mass is 10.1. The molecule has 1 N–H and O–H groups in total. The van der Waals surface area contributed by atoms with Crippen molar-refractivity contribution in [3.63, 3.8) is 0 Å². The summed E-state index contributed by atoms with van der Waals surface area (Å²) in [7, 11) is 0. The zero-order valence-corrected chi connectivity index (χ0v) is 12.5. The lowest BCUT2D eigenvalue weighted by Gasteiger charge is -2.08. The standard InChI is InChI=1S/C15H24F3N3/c1-2-3-4-5-6-7-8-9-11-19-14-20-12-10-13(21-14)15(16,17)18/h10,12H,2-9,11H2,1H3,(H,19,20,21). The number of nitrogens with zero attached hydrogens (tertiary/aromatic N) is 2. The minimum atomic E-state index is -4.42. The Morgan fingerprint density at radius 3 is 2.24 bits per heavy atom. The van der Waals surface area contributed by atoms with Gasteiger partial charge < -0.3 is 5.32 Å². The maximum Gasteiger partial charge on any atom is 0.433 e. The molecule has 0 fully saturated rings. The Balaban J connectivity index is 2.13. The van der Waals surface area contributed by atoms with Gasteiger partial charge in [-0.2, -0.15) is 13.2 Å². The summed E-state index contributed by atoms with van der Waals surface area (Å²) in [6.45, 7) is 2.80. The average molecular weight is 303 g/mol. The van der Waals surface area contributed by atoms with Gasteiger partial charge in [0.2, 0.25) is 5.95 Å². The van der Waals surface area contributed by atoms with Gasteiger partial charge in [-0.15, -0.1) is 0 Å². The third-order valence-corrected chi connectivity index (χ3v) is 3.26. The normalized spacial score (nSPS) is 11.6. The Kier molecular flexibility index (Phi) is 8.08. The second-order valence-electron chi connectivity index (χ2n) is 5.16. The third kappa shape index (κ3) is 7.87. The van der Waals surface area contributed by atoms with Crippen molar-refractivity contribution in [1.29, 1.82) is 0 Å². The number of hydrogen-bond acceptors (Lipinski definition) is 3. The molecule has 0 saturated carbocycles. The van der Waals surface area contributed by atoms with Gasteiger partial charge in [-0.05, 0) is 12.5 Å². The maximum absolute atomic E-state index is 12.5. The van der Waals surface area contributed by atoms with Crippen LogP contribution >= 0.6 is 0 Å². The van der Waals surface area contributed by atoms with Gasteiger partial charge in [0.25, 0.3) is 0 Å². The van der Waals surface area contributed by atoms with Crippen molar-refractivity contribution in [2.24, 2.45) is 0 Å². The first-order valence-electron chi connectivity index (χ1n) is 7.68. The van der Waals surface area contributed by atoms with Crippen molar-refractivity contribution in [1.82, 2.24) is 9.97 Å². The van der Waals surface area contributed by atoms with Crippen LogP contribution in [0.2, 0.25) is 0 Å². The molecule has 0 aliphatic carbocycles. The number of hydrogen-bond donors (Lipinski definition) is 1. The minimum absolute atomic E-state index is 0.0489. The van der Waals surface area contributed by atoms with Crippen LogP contribution in [0.1, 0.15) is 64.0 Å². The molecule has 0 atom stereocenters. The zero-order valence-electron chi connectivity index (χ0n) is 12.5. The molecule has 1 aromatic rings. The van der Waals surface area contributed by atoms with Crippen molar-refractivity contribution >= 4 is 5.95 Å². The monoisotopic (exact) mass is 303 g/mol. The van der Waals surface area contributed by atoms with Gasteiger partial charge in [0.15, 0.2) is 0 Å². The topological polar surface area (TPSA) is 37.8 Å². The van der Waals surface area contributed by atoms with E-state index in [-0.39, 0.29) is 5.95 Å². The molecule has 1 rings (SSSR count). The lowest BCUT2D eigenvalue weighted by Crippen LogP contribution is -2.12. The van der Waals surface area contributed by atoms with E-state index in [1.165, 1.54) is 38.5 Å². The van der Waals surface area contributed by atoms with Gasteiger partial charge in [-0.1, -0.05) is 51.9 Å². The highest BCUT2D eigenvalue weighted by molar-refractivity contribution is 5.25. The first-order valence-corrected chi connectivity index (χ1v) is 7.68. The molecule has 0 aliphatic rings. The van der Waals surface area contributed by atoms with Gasteiger partial charge in [0.05, 0.1) is 0 Å². The predicted octanol–water partition coefficient (Wildman–Crippen LogP) is 5.05. The molecule has 21 heavy (non-hydrogen) atoms. The van der Waals surface area contributed by atoms with E-state index in [1.54, 1.807) is 0 Å². The Bertz CT molecular complexity index is 394. The molecule has 0 aliphatic heterocycles. The third-order valence-electron chi connectivity index (χ3n) is 3.26. The van der Waals surface area contributed by atoms with Crippen LogP contribution in [0.4, 0.5) is 19.1 Å². The van der Waals surface area contributed by atoms with E-state index in [1.807, 2.05) is 0 Å². The van der Waals surface area contributed by atoms with Crippen LogP contribution in [-0.2, 0) is 6.18 Å². The summed E-state index contributed by atoms with van der Waals surface area (Å²) in [5.41, 5.74) is -0.907. The molecule has 0 spiro atoms. The molecule has 0 saturated heterocycles. The number of alkyl halides is 3. The van der Waals surface area contributed by atoms with E-state index in [0.717, 1.165) is 25.1 Å². The fourth-order valence-electron chi connectivity index (χ4n) is 2.06. The number of rotatable bonds is 10. The quantitative estimate of drug-likeness (QED) is 0.615. The smallest absolute Gasteiger partial charge is 0.354 e. The van der Waals surface area contributed by atoms with Crippen molar-refractivity contribution < 1.29 is 13.2 Å². The molecule has 0 radical (unpaired) electrons. The number of unbranched alkanes of at least 4 members (excludes halogenated alkanes) is 7. The van der Waals surface area contributed by atoms with Crippen LogP contribution in [0.5, 0.6) is 0 Å². The van der Waals surface area contributed by atoms with Crippen LogP contribution in [0.3, 0.4) is 0 Å². The summed E-state index contributed by atoms with van der Waals surface area (Å²) in [5.74, 6) is 0.0489. The molecule has 120 valence electrons. The van der Waals surface area contributed by atoms with E-state index in [2.05, 4.69) is 22.2 Å². The number of nitrogens with one attached hydrogen (secondary N) is 1. The van der Waals surface area contributed by atoms with Gasteiger partial charge in [0.1, 0.15) is 5.69 Å². The Hall–Kier alpha value is -1.33. The Labute approximate surface area is 124 Å². The maximum atomic E-state index is 12.5. The first-order chi connectivity index (χ1) is 10.0. The first kappa shape index (κ1) is 17.7. The Morgan fingerprint density at radius 1 is 1.00 bits per heavy atom. The van der Waals surface area contributed by atoms with E-state index in [0.29, 0.717) is 6.54 Å². The highest BCUT2D eigenvalue weighted by atomic mass is 19.4. The van der Waals surface area contributed by atoms with E-state index in [9.17, 15) is 13.2 Å². The summed E-state index contributed by atoms with van der Waals surface area (Å²) in [4.78, 5) is 7.26. The van der Waals surface area contributed by atoms with Crippen molar-refractivity contribution in [3.05, 3.63) is 18.0 Å². The van der Waals surface area contributed by atoms with Gasteiger partial charge in [0, 0.05) is 12.7 Å². The molecule has 3 nitrogen and oxygen atoms in total. The van der Waals surface area contributed by atoms with E-state index < -0.39 is 11.9 Å². The summed E-state index contributed by atoms with van der Waals surface area (Å²) in [6, 6.07) is 0.876. The van der Waals surface area contributed by atoms with E-state index in [4.69, 9.17) is 0 Å². The predicted molar refractivity (Wildman–Crippen MR) is 78.1 cm³/mol. The van der Waals surface area contributed by atoms with Crippen LogP contribution in [0.15, 0.2) is 12.3 Å². The molecule has 0 amide bonds. The van der Waals surface area contributed by atoms with Crippen LogP contribution in [-0.4, -0.2) is 16.5 Å². The van der Waals surface area contributed by atoms with Gasteiger partial charge in [-0.25, -0.2) is 9.97 Å². The van der Waals surface area contributed by atoms with Gasteiger partial charge in [-0.3, -0.25) is 0 Å². The highest BCUT2D eigenvalue weighted by Gasteiger charge is 2.32. The summed E-state index contributed by atoms with van der Waals surface area (Å²) < 4.78 is 37.4. The highest BCUT2D eigenvalue weighted by Crippen LogP contribution is 2.27.